The average Bonchev–Trinajstić information content (AvgIpc) is 1.89. The van der Waals surface area contributed by atoms with Gasteiger partial charge in [-0.25, -0.2) is 0 Å². The van der Waals surface area contributed by atoms with Crippen LogP contribution in [0.3, 0.4) is 0 Å². The monoisotopic (exact) mass is 1380 g/mol. The molecule has 1 N–H and O–H groups in total. The molecule has 3 fully saturated rings. The number of likely N-dealkylation sites (tertiary alicyclic amines) is 1. The van der Waals surface area contributed by atoms with E-state index in [1.54, 1.807) is 0 Å². The molecule has 14 heteroatoms. The number of hydrogen-bond donors (Lipinski definition) is 1. The molecule has 0 bridgehead atoms. The van der Waals surface area contributed by atoms with Crippen molar-refractivity contribution in [3.8, 4) is 17.2 Å². The van der Waals surface area contributed by atoms with Crippen molar-refractivity contribution in [2.45, 2.75) is 99.6 Å². The largest absolute Gasteiger partial charge is 0.494 e. The van der Waals surface area contributed by atoms with Gasteiger partial charge in [-0.2, -0.15) is 0 Å². The van der Waals surface area contributed by atoms with Crippen LogP contribution in [-0.4, -0.2) is 248 Å². The Balaban J connectivity index is 0.000000250. The number of ether oxygens (including phenoxy) is 3. The van der Waals surface area contributed by atoms with Crippen LogP contribution in [0.5, 0.6) is 17.2 Å². The van der Waals surface area contributed by atoms with Crippen LogP contribution in [-0.2, 0) is 6.54 Å². The number of hydrogen-bond acceptors (Lipinski definition) is 14. The molecule has 0 atom stereocenters. The summed E-state index contributed by atoms with van der Waals surface area (Å²) < 4.78 is 17.0. The quantitative estimate of drug-likeness (QED) is 0.0584. The SMILES string of the molecule is Cc1ccc(CN2CCN(C)CC2)cc1.Cc1ccc(N(C)CCCN(C)C)cc1.Cc1ccc(N2CCCN(C)CC2)cc1.Cc1ccc(NCCCN(C)C)cc1.Cc1ccc(OC2CCN(C)CC2)cc1.Cc1ccc(OCCCN(C)C)cc1.Cc1ccc(OCCN(C)C)cc1. The maximum Gasteiger partial charge on any atom is 0.119 e. The zero-order valence-corrected chi connectivity index (χ0v) is 66.6. The second-order valence-electron chi connectivity index (χ2n) is 29.1. The summed E-state index contributed by atoms with van der Waals surface area (Å²) in [4.78, 5) is 23.2. The van der Waals surface area contributed by atoms with E-state index in [2.05, 4.69) is 319 Å². The Morgan fingerprint density at radius 2 is 0.762 bits per heavy atom. The minimum Gasteiger partial charge on any atom is -0.494 e. The zero-order valence-electron chi connectivity index (χ0n) is 66.6. The molecule has 0 unspecified atom stereocenters. The molecule has 7 aromatic rings. The molecule has 14 nitrogen and oxygen atoms in total. The zero-order chi connectivity index (χ0) is 73.7. The molecule has 7 aromatic carbocycles. The minimum atomic E-state index is 0.406. The number of piperazine rings is 1. The Bertz CT molecular complexity index is 3010. The highest BCUT2D eigenvalue weighted by Crippen LogP contribution is 2.21. The first kappa shape index (κ1) is 86.4. The van der Waals surface area contributed by atoms with Gasteiger partial charge >= 0.3 is 0 Å². The number of aryl methyl sites for hydroxylation is 7. The predicted octanol–water partition coefficient (Wildman–Crippen LogP) is 15.3. The summed E-state index contributed by atoms with van der Waals surface area (Å²) in [6, 6.07) is 59.6. The number of piperidine rings is 1. The number of nitrogens with one attached hydrogen (secondary N) is 1. The van der Waals surface area contributed by atoms with E-state index in [0.717, 1.165) is 115 Å². The van der Waals surface area contributed by atoms with E-state index in [1.807, 2.05) is 38.4 Å². The van der Waals surface area contributed by atoms with Gasteiger partial charge in [0.05, 0.1) is 6.61 Å². The Labute approximate surface area is 616 Å². The molecule has 3 heterocycles. The number of benzene rings is 7. The third-order valence-electron chi connectivity index (χ3n) is 17.8. The van der Waals surface area contributed by atoms with Gasteiger partial charge in [-0.15, -0.1) is 0 Å². The summed E-state index contributed by atoms with van der Waals surface area (Å²) in [5, 5.41) is 3.40. The van der Waals surface area contributed by atoms with Gasteiger partial charge in [0, 0.05) is 116 Å². The Morgan fingerprint density at radius 1 is 0.366 bits per heavy atom. The van der Waals surface area contributed by atoms with E-state index in [0.29, 0.717) is 6.10 Å². The Kier molecular flexibility index (Phi) is 43.1. The van der Waals surface area contributed by atoms with Gasteiger partial charge in [-0.1, -0.05) is 136 Å². The van der Waals surface area contributed by atoms with Crippen LogP contribution in [0, 0.1) is 48.5 Å². The summed E-state index contributed by atoms with van der Waals surface area (Å²) in [5.74, 6) is 2.93. The van der Waals surface area contributed by atoms with Crippen molar-refractivity contribution in [3.63, 3.8) is 0 Å². The maximum atomic E-state index is 5.93. The van der Waals surface area contributed by atoms with Crippen LogP contribution in [0.4, 0.5) is 17.1 Å². The van der Waals surface area contributed by atoms with Crippen molar-refractivity contribution in [1.29, 1.82) is 0 Å². The summed E-state index contributed by atoms with van der Waals surface area (Å²) in [5.41, 5.74) is 14.5. The van der Waals surface area contributed by atoms with Crippen molar-refractivity contribution >= 4 is 17.1 Å². The first-order chi connectivity index (χ1) is 48.4. The third kappa shape index (κ3) is 41.7. The minimum absolute atomic E-state index is 0.406. The van der Waals surface area contributed by atoms with Gasteiger partial charge in [0.1, 0.15) is 30.0 Å². The van der Waals surface area contributed by atoms with Gasteiger partial charge in [0.2, 0.25) is 0 Å². The molecule has 0 aromatic heterocycles. The van der Waals surface area contributed by atoms with Gasteiger partial charge in [-0.05, 0) is 263 Å². The van der Waals surface area contributed by atoms with Crippen molar-refractivity contribution in [3.05, 3.63) is 214 Å². The fraction of sp³-hybridized carbons (Fsp3) is 0.517. The molecule has 0 spiro atoms. The van der Waals surface area contributed by atoms with E-state index < -0.39 is 0 Å². The van der Waals surface area contributed by atoms with Crippen LogP contribution in [0.1, 0.15) is 83.0 Å². The highest BCUT2D eigenvalue weighted by Gasteiger charge is 2.18. The highest BCUT2D eigenvalue weighted by atomic mass is 16.5. The highest BCUT2D eigenvalue weighted by molar-refractivity contribution is 5.48. The van der Waals surface area contributed by atoms with Gasteiger partial charge in [0.15, 0.2) is 0 Å². The molecule has 0 saturated carbocycles. The summed E-state index contributed by atoms with van der Waals surface area (Å²) in [7, 11) is 25.4. The van der Waals surface area contributed by atoms with E-state index >= 15 is 0 Å². The van der Waals surface area contributed by atoms with Crippen molar-refractivity contribution < 1.29 is 14.2 Å². The van der Waals surface area contributed by atoms with Crippen LogP contribution < -0.4 is 29.3 Å². The lowest BCUT2D eigenvalue weighted by atomic mass is 10.1. The van der Waals surface area contributed by atoms with Gasteiger partial charge in [-0.3, -0.25) is 4.90 Å². The Morgan fingerprint density at radius 3 is 1.26 bits per heavy atom. The number of rotatable bonds is 24. The predicted molar refractivity (Wildman–Crippen MR) is 437 cm³/mol. The third-order valence-corrected chi connectivity index (χ3v) is 17.8. The fourth-order valence-corrected chi connectivity index (χ4v) is 11.0. The molecule has 3 aliphatic heterocycles. The van der Waals surface area contributed by atoms with Crippen LogP contribution in [0.15, 0.2) is 170 Å². The van der Waals surface area contributed by atoms with E-state index in [-0.39, 0.29) is 0 Å². The summed E-state index contributed by atoms with van der Waals surface area (Å²) >= 11 is 0. The molecule has 3 aliphatic rings. The molecule has 3 saturated heterocycles. The van der Waals surface area contributed by atoms with Crippen LogP contribution in [0.2, 0.25) is 0 Å². The molecule has 0 aliphatic carbocycles. The average molecular weight is 1390 g/mol. The van der Waals surface area contributed by atoms with E-state index in [4.69, 9.17) is 14.2 Å². The van der Waals surface area contributed by atoms with Crippen molar-refractivity contribution in [1.82, 2.24) is 39.2 Å². The van der Waals surface area contributed by atoms with Gasteiger partial charge in [0.25, 0.3) is 0 Å². The Hall–Kier alpha value is -6.98. The molecule has 101 heavy (non-hydrogen) atoms. The first-order valence-corrected chi connectivity index (χ1v) is 37.3. The summed E-state index contributed by atoms with van der Waals surface area (Å²) in [6.45, 7) is 35.7. The number of anilines is 3. The first-order valence-electron chi connectivity index (χ1n) is 37.3. The lowest BCUT2D eigenvalue weighted by Crippen LogP contribution is -2.43. The van der Waals surface area contributed by atoms with Crippen molar-refractivity contribution in [2.75, 3.05) is 218 Å². The van der Waals surface area contributed by atoms with Crippen LogP contribution in [0.25, 0.3) is 0 Å². The van der Waals surface area contributed by atoms with Crippen LogP contribution >= 0.6 is 0 Å². The number of likely N-dealkylation sites (N-methyl/N-ethyl adjacent to an activating group) is 3. The summed E-state index contributed by atoms with van der Waals surface area (Å²) in [6.07, 6.45) is 7.42. The van der Waals surface area contributed by atoms with Crippen molar-refractivity contribution in [2.24, 2.45) is 0 Å². The molecule has 0 radical (unpaired) electrons. The van der Waals surface area contributed by atoms with E-state index in [9.17, 15) is 0 Å². The standard InChI is InChI=1S/2C13H20N2.C13H22N2.C13H19NO.C12H20N2.C12H19NO.C11H17NO/c1-12-4-6-13(7-5-12)15-9-3-8-14(2)10-11-15;1-12-3-5-13(6-4-12)11-15-9-7-14(2)8-10-15;1-12-6-8-13(9-7-12)15(4)11-5-10-14(2)3;1-11-3-5-12(6-4-11)15-13-7-9-14(2)10-8-13;1-11-5-7-12(8-6-11)13-9-4-10-14(2)3;1-11-5-7-12(8-6-11)14-10-4-9-13(2)3;1-10-4-6-11(7-5-10)13-9-8-12(2)3/h4-7H,3,8-11H2,1-2H3;3-6H,7-11H2,1-2H3;6-9H,5,10-11H2,1-4H3;3-6,13H,7-10H2,1-2H3;5-8,13H,4,9-10H2,1-3H3;5-8H,4,9-10H2,1-3H3;4-7H,8-9H2,1-3H3. The maximum absolute atomic E-state index is 5.93. The molecule has 10 rings (SSSR count). The molecule has 0 amide bonds. The second kappa shape index (κ2) is 50.4. The molecular formula is C87H137N11O3. The lowest BCUT2D eigenvalue weighted by Gasteiger charge is -2.32. The lowest BCUT2D eigenvalue weighted by molar-refractivity contribution is 0.114. The fourth-order valence-electron chi connectivity index (χ4n) is 11.0. The second-order valence-corrected chi connectivity index (χ2v) is 29.1. The number of nitrogens with zero attached hydrogens (tertiary/aromatic N) is 10. The smallest absolute Gasteiger partial charge is 0.119 e. The topological polar surface area (TPSA) is 72.1 Å². The van der Waals surface area contributed by atoms with E-state index in [1.165, 1.54) is 127 Å². The van der Waals surface area contributed by atoms with Gasteiger partial charge < -0.3 is 63.6 Å². The normalized spacial score (nSPS) is 14.4. The molecular weight excluding hydrogens is 1250 g/mol. The molecule has 558 valence electrons.